The third-order valence-corrected chi connectivity index (χ3v) is 3.35. The minimum Gasteiger partial charge on any atom is -0.494 e. The maximum Gasteiger partial charge on any atom is 0.142 e. The van der Waals surface area contributed by atoms with Crippen LogP contribution >= 0.6 is 0 Å². The van der Waals surface area contributed by atoms with Gasteiger partial charge in [0.05, 0.1) is 18.9 Å². The Morgan fingerprint density at radius 2 is 2.05 bits per heavy atom. The van der Waals surface area contributed by atoms with Gasteiger partial charge in [-0.1, -0.05) is 0 Å². The quantitative estimate of drug-likeness (QED) is 0.884. The lowest BCUT2D eigenvalue weighted by Crippen LogP contribution is -2.50. The van der Waals surface area contributed by atoms with E-state index in [4.69, 9.17) is 9.47 Å². The van der Waals surface area contributed by atoms with Gasteiger partial charge in [0.2, 0.25) is 0 Å². The molecule has 0 bridgehead atoms. The molecule has 1 atom stereocenters. The van der Waals surface area contributed by atoms with Crippen molar-refractivity contribution in [1.82, 2.24) is 5.32 Å². The molecule has 1 saturated heterocycles. The average Bonchev–Trinajstić information content (AvgIpc) is 2.42. The minimum absolute atomic E-state index is 0.463. The number of hydrogen-bond donors (Lipinski definition) is 1. The Labute approximate surface area is 115 Å². The number of rotatable bonds is 5. The van der Waals surface area contributed by atoms with Gasteiger partial charge in [0.1, 0.15) is 11.5 Å². The maximum atomic E-state index is 5.75. The molecule has 1 N–H and O–H groups in total. The second kappa shape index (κ2) is 6.66. The first-order valence-corrected chi connectivity index (χ1v) is 7.13. The fraction of sp³-hybridized carbons (Fsp3) is 0.600. The van der Waals surface area contributed by atoms with Crippen LogP contribution in [0.5, 0.6) is 11.5 Å². The predicted molar refractivity (Wildman–Crippen MR) is 78.5 cm³/mol. The number of piperazine rings is 1. The third-order valence-electron chi connectivity index (χ3n) is 3.35. The molecule has 0 radical (unpaired) electrons. The molecule has 0 aromatic heterocycles. The van der Waals surface area contributed by atoms with Crippen LogP contribution in [0.1, 0.15) is 20.8 Å². The molecule has 1 heterocycles. The Bertz CT molecular complexity index is 409. The number of anilines is 1. The van der Waals surface area contributed by atoms with Crippen molar-refractivity contribution in [2.45, 2.75) is 26.8 Å². The summed E-state index contributed by atoms with van der Waals surface area (Å²) in [6.45, 7) is 10.6. The molecule has 2 rings (SSSR count). The van der Waals surface area contributed by atoms with Crippen LogP contribution in [0.25, 0.3) is 0 Å². The van der Waals surface area contributed by atoms with Crippen molar-refractivity contribution in [1.29, 1.82) is 0 Å². The highest BCUT2D eigenvalue weighted by molar-refractivity contribution is 5.62. The van der Waals surface area contributed by atoms with Crippen LogP contribution in [-0.4, -0.2) is 38.9 Å². The minimum atomic E-state index is 0.463. The Morgan fingerprint density at radius 1 is 1.26 bits per heavy atom. The molecule has 1 aliphatic rings. The van der Waals surface area contributed by atoms with Gasteiger partial charge in [-0.05, 0) is 32.9 Å². The molecular weight excluding hydrogens is 240 g/mol. The molecule has 1 aromatic carbocycles. The first-order chi connectivity index (χ1) is 9.26. The van der Waals surface area contributed by atoms with E-state index in [-0.39, 0.29) is 0 Å². The molecule has 1 unspecified atom stereocenters. The molecule has 1 fully saturated rings. The average molecular weight is 264 g/mol. The zero-order valence-electron chi connectivity index (χ0n) is 12.1. The Morgan fingerprint density at radius 3 is 2.74 bits per heavy atom. The number of hydrogen-bond acceptors (Lipinski definition) is 4. The van der Waals surface area contributed by atoms with Crippen molar-refractivity contribution >= 4 is 5.69 Å². The molecule has 0 aliphatic carbocycles. The molecule has 19 heavy (non-hydrogen) atoms. The lowest BCUT2D eigenvalue weighted by atomic mass is 10.1. The van der Waals surface area contributed by atoms with Gasteiger partial charge >= 0.3 is 0 Å². The topological polar surface area (TPSA) is 33.7 Å². The van der Waals surface area contributed by atoms with E-state index < -0.39 is 0 Å². The molecule has 0 spiro atoms. The molecule has 0 saturated carbocycles. The monoisotopic (exact) mass is 264 g/mol. The number of nitrogens with zero attached hydrogens (tertiary/aromatic N) is 1. The standard InChI is InChI=1S/C15H24N2O2/c1-4-18-13-6-7-15(19-5-2)14(10-13)17-9-8-16-11-12(17)3/h6-7,10,12,16H,4-5,8-9,11H2,1-3H3. The van der Waals surface area contributed by atoms with Crippen LogP contribution in [0.15, 0.2) is 18.2 Å². The highest BCUT2D eigenvalue weighted by Gasteiger charge is 2.21. The summed E-state index contributed by atoms with van der Waals surface area (Å²) >= 11 is 0. The van der Waals surface area contributed by atoms with Crippen molar-refractivity contribution in [2.75, 3.05) is 37.7 Å². The second-order valence-corrected chi connectivity index (χ2v) is 4.74. The second-order valence-electron chi connectivity index (χ2n) is 4.74. The lowest BCUT2D eigenvalue weighted by Gasteiger charge is -2.36. The third kappa shape index (κ3) is 3.32. The number of ether oxygens (including phenoxy) is 2. The van der Waals surface area contributed by atoms with Gasteiger partial charge in [-0.15, -0.1) is 0 Å². The van der Waals surface area contributed by atoms with E-state index >= 15 is 0 Å². The number of nitrogens with one attached hydrogen (secondary N) is 1. The highest BCUT2D eigenvalue weighted by Crippen LogP contribution is 2.34. The van der Waals surface area contributed by atoms with Gasteiger partial charge in [0.15, 0.2) is 0 Å². The first-order valence-electron chi connectivity index (χ1n) is 7.13. The van der Waals surface area contributed by atoms with E-state index in [0.717, 1.165) is 36.8 Å². The SMILES string of the molecule is CCOc1ccc(OCC)c(N2CCNCC2C)c1. The summed E-state index contributed by atoms with van der Waals surface area (Å²) in [6.07, 6.45) is 0. The zero-order valence-corrected chi connectivity index (χ0v) is 12.1. The van der Waals surface area contributed by atoms with Gasteiger partial charge in [0.25, 0.3) is 0 Å². The van der Waals surface area contributed by atoms with Crippen LogP contribution < -0.4 is 19.7 Å². The van der Waals surface area contributed by atoms with Crippen LogP contribution in [0.3, 0.4) is 0 Å². The number of benzene rings is 1. The molecule has 106 valence electrons. The Balaban J connectivity index is 2.30. The summed E-state index contributed by atoms with van der Waals surface area (Å²) in [5.74, 6) is 1.85. The van der Waals surface area contributed by atoms with E-state index in [9.17, 15) is 0 Å². The molecule has 0 amide bonds. The molecule has 1 aromatic rings. The van der Waals surface area contributed by atoms with E-state index in [0.29, 0.717) is 19.3 Å². The lowest BCUT2D eigenvalue weighted by molar-refractivity contribution is 0.329. The van der Waals surface area contributed by atoms with Crippen LogP contribution in [0, 0.1) is 0 Å². The summed E-state index contributed by atoms with van der Waals surface area (Å²) < 4.78 is 11.4. The van der Waals surface area contributed by atoms with Crippen molar-refractivity contribution in [2.24, 2.45) is 0 Å². The fourth-order valence-electron chi connectivity index (χ4n) is 2.45. The zero-order chi connectivity index (χ0) is 13.7. The van der Waals surface area contributed by atoms with Gasteiger partial charge in [0, 0.05) is 31.7 Å². The molecule has 4 heteroatoms. The Hall–Kier alpha value is -1.42. The van der Waals surface area contributed by atoms with E-state index in [2.05, 4.69) is 23.2 Å². The van der Waals surface area contributed by atoms with Crippen LogP contribution in [0.4, 0.5) is 5.69 Å². The summed E-state index contributed by atoms with van der Waals surface area (Å²) in [5, 5.41) is 3.41. The summed E-state index contributed by atoms with van der Waals surface area (Å²) in [6, 6.07) is 6.55. The van der Waals surface area contributed by atoms with Gasteiger partial charge in [-0.25, -0.2) is 0 Å². The van der Waals surface area contributed by atoms with Gasteiger partial charge in [-0.2, -0.15) is 0 Å². The van der Waals surface area contributed by atoms with Crippen LogP contribution in [0.2, 0.25) is 0 Å². The van der Waals surface area contributed by atoms with E-state index in [1.54, 1.807) is 0 Å². The van der Waals surface area contributed by atoms with Crippen molar-refractivity contribution in [3.63, 3.8) is 0 Å². The first kappa shape index (κ1) is 14.0. The summed E-state index contributed by atoms with van der Waals surface area (Å²) in [4.78, 5) is 2.39. The van der Waals surface area contributed by atoms with Crippen LogP contribution in [-0.2, 0) is 0 Å². The van der Waals surface area contributed by atoms with Gasteiger partial charge < -0.3 is 19.7 Å². The predicted octanol–water partition coefficient (Wildman–Crippen LogP) is 2.28. The molecular formula is C15H24N2O2. The smallest absolute Gasteiger partial charge is 0.142 e. The summed E-state index contributed by atoms with van der Waals surface area (Å²) in [5.41, 5.74) is 1.14. The molecule has 1 aliphatic heterocycles. The van der Waals surface area contributed by atoms with Crippen molar-refractivity contribution in [3.05, 3.63) is 18.2 Å². The van der Waals surface area contributed by atoms with Gasteiger partial charge in [-0.3, -0.25) is 0 Å². The largest absolute Gasteiger partial charge is 0.494 e. The van der Waals surface area contributed by atoms with E-state index in [1.807, 2.05) is 26.0 Å². The van der Waals surface area contributed by atoms with Crippen molar-refractivity contribution < 1.29 is 9.47 Å². The normalized spacial score (nSPS) is 19.3. The van der Waals surface area contributed by atoms with Crippen molar-refractivity contribution in [3.8, 4) is 11.5 Å². The highest BCUT2D eigenvalue weighted by atomic mass is 16.5. The molecule has 4 nitrogen and oxygen atoms in total. The maximum absolute atomic E-state index is 5.75. The fourth-order valence-corrected chi connectivity index (χ4v) is 2.45. The van der Waals surface area contributed by atoms with E-state index in [1.165, 1.54) is 0 Å². The Kier molecular flexibility index (Phi) is 4.91. The summed E-state index contributed by atoms with van der Waals surface area (Å²) in [7, 11) is 0.